The minimum absolute atomic E-state index is 0.198. The molecule has 0 radical (unpaired) electrons. The maximum absolute atomic E-state index is 4.99. The van der Waals surface area contributed by atoms with E-state index < -0.39 is 0 Å². The van der Waals surface area contributed by atoms with Crippen molar-refractivity contribution in [3.8, 4) is 11.4 Å². The van der Waals surface area contributed by atoms with Gasteiger partial charge in [-0.1, -0.05) is 5.16 Å². The maximum Gasteiger partial charge on any atom is 0.227 e. The molecule has 3 aromatic rings. The van der Waals surface area contributed by atoms with Crippen LogP contribution in [-0.2, 0) is 7.05 Å². The number of hydrogen-bond donors (Lipinski definition) is 0. The topological polar surface area (TPSA) is 72.9 Å². The molecule has 112 valence electrons. The van der Waals surface area contributed by atoms with Crippen molar-refractivity contribution in [2.45, 2.75) is 18.9 Å². The average Bonchev–Trinajstić information content (AvgIpc) is 3.27. The first-order chi connectivity index (χ1) is 10.8. The highest BCUT2D eigenvalue weighted by Gasteiger charge is 2.31. The largest absolute Gasteiger partial charge is 0.364 e. The predicted molar refractivity (Wildman–Crippen MR) is 80.1 cm³/mol. The first-order valence-corrected chi connectivity index (χ1v) is 7.31. The van der Waals surface area contributed by atoms with Crippen LogP contribution in [0.15, 0.2) is 41.4 Å². The lowest BCUT2D eigenvalue weighted by Gasteiger charge is -2.23. The Labute approximate surface area is 127 Å². The molecule has 4 rings (SSSR count). The first kappa shape index (κ1) is 13.0. The van der Waals surface area contributed by atoms with Crippen LogP contribution in [0.25, 0.3) is 11.4 Å². The fraction of sp³-hybridized carbons (Fsp3) is 0.333. The summed E-state index contributed by atoms with van der Waals surface area (Å²) < 4.78 is 7.00. The average molecular weight is 296 g/mol. The maximum atomic E-state index is 4.99. The predicted octanol–water partition coefficient (Wildman–Crippen LogP) is 2.21. The lowest BCUT2D eigenvalue weighted by atomic mass is 10.1. The molecule has 0 amide bonds. The molecule has 1 aliphatic rings. The quantitative estimate of drug-likeness (QED) is 0.738. The van der Waals surface area contributed by atoms with Crippen LogP contribution in [0.4, 0.5) is 5.95 Å². The second-order valence-corrected chi connectivity index (χ2v) is 5.40. The molecule has 0 N–H and O–H groups in total. The van der Waals surface area contributed by atoms with Crippen LogP contribution in [0.3, 0.4) is 0 Å². The Hall–Kier alpha value is -2.70. The van der Waals surface area contributed by atoms with Crippen LogP contribution in [0, 0.1) is 0 Å². The Morgan fingerprint density at radius 3 is 3.00 bits per heavy atom. The molecule has 1 atom stereocenters. The van der Waals surface area contributed by atoms with Crippen LogP contribution in [-0.4, -0.2) is 31.4 Å². The fourth-order valence-corrected chi connectivity index (χ4v) is 3.02. The number of aromatic nitrogens is 5. The third-order valence-electron chi connectivity index (χ3n) is 4.08. The molecule has 1 saturated heterocycles. The van der Waals surface area contributed by atoms with Crippen LogP contribution in [0.2, 0.25) is 0 Å². The molecule has 7 heteroatoms. The van der Waals surface area contributed by atoms with Gasteiger partial charge >= 0.3 is 0 Å². The zero-order valence-corrected chi connectivity index (χ0v) is 12.3. The van der Waals surface area contributed by atoms with Crippen molar-refractivity contribution in [3.63, 3.8) is 0 Å². The van der Waals surface area contributed by atoms with E-state index in [-0.39, 0.29) is 6.04 Å². The summed E-state index contributed by atoms with van der Waals surface area (Å²) in [6.07, 6.45) is 7.31. The Bertz CT molecular complexity index is 752. The van der Waals surface area contributed by atoms with E-state index in [1.165, 1.54) is 0 Å². The summed E-state index contributed by atoms with van der Waals surface area (Å²) >= 11 is 0. The second-order valence-electron chi connectivity index (χ2n) is 5.40. The highest BCUT2D eigenvalue weighted by molar-refractivity contribution is 5.56. The van der Waals surface area contributed by atoms with Gasteiger partial charge in [-0.25, -0.2) is 0 Å². The fourth-order valence-electron chi connectivity index (χ4n) is 3.02. The van der Waals surface area contributed by atoms with E-state index in [1.807, 2.05) is 29.8 Å². The van der Waals surface area contributed by atoms with E-state index in [1.54, 1.807) is 18.7 Å². The monoisotopic (exact) mass is 296 g/mol. The highest BCUT2D eigenvalue weighted by atomic mass is 16.5. The van der Waals surface area contributed by atoms with Crippen LogP contribution >= 0.6 is 0 Å². The number of anilines is 1. The van der Waals surface area contributed by atoms with E-state index in [4.69, 9.17) is 4.52 Å². The zero-order valence-electron chi connectivity index (χ0n) is 12.3. The van der Waals surface area contributed by atoms with Gasteiger partial charge in [0.25, 0.3) is 0 Å². The first-order valence-electron chi connectivity index (χ1n) is 7.31. The molecule has 4 heterocycles. The number of hydrogen-bond acceptors (Lipinski definition) is 6. The summed E-state index contributed by atoms with van der Waals surface area (Å²) in [6.45, 7) is 0.941. The van der Waals surface area contributed by atoms with Gasteiger partial charge in [0, 0.05) is 37.6 Å². The van der Waals surface area contributed by atoms with Crippen LogP contribution in [0.1, 0.15) is 24.6 Å². The van der Waals surface area contributed by atoms with Gasteiger partial charge in [0.2, 0.25) is 5.95 Å². The molecule has 7 nitrogen and oxygen atoms in total. The Balaban J connectivity index is 1.70. The van der Waals surface area contributed by atoms with E-state index in [2.05, 4.69) is 25.2 Å². The number of pyridine rings is 1. The molecule has 1 fully saturated rings. The van der Waals surface area contributed by atoms with E-state index in [0.717, 1.165) is 42.4 Å². The van der Waals surface area contributed by atoms with Gasteiger partial charge in [-0.05, 0) is 25.0 Å². The van der Waals surface area contributed by atoms with Gasteiger partial charge in [0.05, 0.1) is 6.04 Å². The standard InChI is InChI=1S/C15H16N6O/c1-20-14(11-4-2-7-16-10-11)17-18-15(20)21-8-3-5-13(21)12-6-9-22-19-12/h2,4,6-7,9-10,13H,3,5,8H2,1H3. The Morgan fingerprint density at radius 2 is 2.23 bits per heavy atom. The van der Waals surface area contributed by atoms with Crippen LogP contribution in [0.5, 0.6) is 0 Å². The van der Waals surface area contributed by atoms with Crippen molar-refractivity contribution in [2.24, 2.45) is 7.05 Å². The van der Waals surface area contributed by atoms with Gasteiger partial charge in [0.1, 0.15) is 12.0 Å². The van der Waals surface area contributed by atoms with Crippen molar-refractivity contribution in [2.75, 3.05) is 11.4 Å². The number of nitrogens with zero attached hydrogens (tertiary/aromatic N) is 6. The molecule has 1 unspecified atom stereocenters. The van der Waals surface area contributed by atoms with E-state index in [9.17, 15) is 0 Å². The SMILES string of the molecule is Cn1c(-c2cccnc2)nnc1N1CCCC1c1ccon1. The van der Waals surface area contributed by atoms with Gasteiger partial charge in [-0.15, -0.1) is 10.2 Å². The molecule has 0 aliphatic carbocycles. The molecular formula is C15H16N6O. The van der Waals surface area contributed by atoms with Crippen molar-refractivity contribution < 1.29 is 4.52 Å². The summed E-state index contributed by atoms with van der Waals surface area (Å²) in [5, 5.41) is 12.8. The summed E-state index contributed by atoms with van der Waals surface area (Å²) in [5.74, 6) is 1.67. The summed E-state index contributed by atoms with van der Waals surface area (Å²) in [6, 6.07) is 6.00. The minimum Gasteiger partial charge on any atom is -0.364 e. The van der Waals surface area contributed by atoms with Gasteiger partial charge < -0.3 is 9.42 Å². The highest BCUT2D eigenvalue weighted by Crippen LogP contribution is 2.35. The molecule has 0 saturated carbocycles. The van der Waals surface area contributed by atoms with Gasteiger partial charge in [-0.3, -0.25) is 9.55 Å². The summed E-state index contributed by atoms with van der Waals surface area (Å²) in [7, 11) is 1.98. The van der Waals surface area contributed by atoms with E-state index in [0.29, 0.717) is 0 Å². The smallest absolute Gasteiger partial charge is 0.227 e. The van der Waals surface area contributed by atoms with Crippen molar-refractivity contribution in [3.05, 3.63) is 42.5 Å². The summed E-state index contributed by atoms with van der Waals surface area (Å²) in [4.78, 5) is 6.39. The normalized spacial score (nSPS) is 18.0. The lowest BCUT2D eigenvalue weighted by molar-refractivity contribution is 0.404. The molecule has 22 heavy (non-hydrogen) atoms. The molecule has 3 aromatic heterocycles. The minimum atomic E-state index is 0.198. The van der Waals surface area contributed by atoms with Gasteiger partial charge in [-0.2, -0.15) is 0 Å². The summed E-state index contributed by atoms with van der Waals surface area (Å²) in [5.41, 5.74) is 1.91. The third-order valence-corrected chi connectivity index (χ3v) is 4.08. The molecule has 1 aliphatic heterocycles. The Morgan fingerprint density at radius 1 is 1.27 bits per heavy atom. The van der Waals surface area contributed by atoms with Crippen molar-refractivity contribution >= 4 is 5.95 Å². The van der Waals surface area contributed by atoms with Gasteiger partial charge in [0.15, 0.2) is 5.82 Å². The molecule has 0 aromatic carbocycles. The molecule has 0 bridgehead atoms. The molecule has 0 spiro atoms. The second kappa shape index (κ2) is 5.25. The van der Waals surface area contributed by atoms with Crippen molar-refractivity contribution in [1.29, 1.82) is 0 Å². The number of rotatable bonds is 3. The third kappa shape index (κ3) is 2.05. The van der Waals surface area contributed by atoms with Crippen LogP contribution < -0.4 is 4.90 Å². The lowest BCUT2D eigenvalue weighted by Crippen LogP contribution is -2.25. The van der Waals surface area contributed by atoms with E-state index >= 15 is 0 Å². The van der Waals surface area contributed by atoms with Crippen molar-refractivity contribution in [1.82, 2.24) is 24.9 Å². The Kier molecular flexibility index (Phi) is 3.10. The zero-order chi connectivity index (χ0) is 14.9. The molecular weight excluding hydrogens is 280 g/mol.